The zero-order chi connectivity index (χ0) is 14.5. The monoisotopic (exact) mass is 264 g/mol. The molecule has 2 unspecified atom stereocenters. The van der Waals surface area contributed by atoms with Crippen molar-refractivity contribution in [3.05, 3.63) is 23.8 Å². The first kappa shape index (κ1) is 16.0. The van der Waals surface area contributed by atoms with E-state index in [0.29, 0.717) is 0 Å². The SMILES string of the molecule is CC(C)=CCC[C@@H](C)C(C(=O)O)C1(C)C=CCCC1. The van der Waals surface area contributed by atoms with Gasteiger partial charge in [-0.2, -0.15) is 0 Å². The minimum Gasteiger partial charge on any atom is -0.481 e. The number of hydrogen-bond acceptors (Lipinski definition) is 1. The fourth-order valence-electron chi connectivity index (χ4n) is 3.27. The zero-order valence-corrected chi connectivity index (χ0v) is 12.8. The van der Waals surface area contributed by atoms with Crippen molar-refractivity contribution >= 4 is 5.97 Å². The Morgan fingerprint density at radius 2 is 2.16 bits per heavy atom. The second-order valence-electron chi connectivity index (χ2n) is 6.45. The van der Waals surface area contributed by atoms with Crippen molar-refractivity contribution < 1.29 is 9.90 Å². The van der Waals surface area contributed by atoms with E-state index in [-0.39, 0.29) is 17.3 Å². The summed E-state index contributed by atoms with van der Waals surface area (Å²) in [6, 6.07) is 0. The smallest absolute Gasteiger partial charge is 0.307 e. The summed E-state index contributed by atoms with van der Waals surface area (Å²) in [5.41, 5.74) is 1.14. The molecule has 0 saturated heterocycles. The van der Waals surface area contributed by atoms with Crippen LogP contribution in [0.25, 0.3) is 0 Å². The van der Waals surface area contributed by atoms with E-state index >= 15 is 0 Å². The van der Waals surface area contributed by atoms with Crippen LogP contribution in [0.5, 0.6) is 0 Å². The van der Waals surface area contributed by atoms with Gasteiger partial charge in [0.25, 0.3) is 0 Å². The third kappa shape index (κ3) is 4.52. The van der Waals surface area contributed by atoms with Gasteiger partial charge >= 0.3 is 5.97 Å². The molecule has 1 aliphatic carbocycles. The van der Waals surface area contributed by atoms with Crippen LogP contribution in [0.15, 0.2) is 23.8 Å². The van der Waals surface area contributed by atoms with Gasteiger partial charge in [0.2, 0.25) is 0 Å². The fourth-order valence-corrected chi connectivity index (χ4v) is 3.27. The van der Waals surface area contributed by atoms with Crippen LogP contribution in [-0.4, -0.2) is 11.1 Å². The molecule has 0 bridgehead atoms. The Labute approximate surface area is 117 Å². The Morgan fingerprint density at radius 1 is 1.47 bits per heavy atom. The van der Waals surface area contributed by atoms with Crippen LogP contribution in [0, 0.1) is 17.3 Å². The van der Waals surface area contributed by atoms with Gasteiger partial charge in [-0.3, -0.25) is 4.79 Å². The Hall–Kier alpha value is -1.05. The molecule has 1 N–H and O–H groups in total. The number of carboxylic acids is 1. The molecule has 108 valence electrons. The summed E-state index contributed by atoms with van der Waals surface area (Å²) in [4.78, 5) is 11.7. The number of carbonyl (C=O) groups is 1. The fraction of sp³-hybridized carbons (Fsp3) is 0.706. The molecule has 2 nitrogen and oxygen atoms in total. The van der Waals surface area contributed by atoms with E-state index in [9.17, 15) is 9.90 Å². The molecule has 1 aliphatic rings. The molecule has 0 aromatic carbocycles. The predicted molar refractivity (Wildman–Crippen MR) is 80.1 cm³/mol. The number of allylic oxidation sites excluding steroid dienone is 4. The van der Waals surface area contributed by atoms with E-state index in [1.807, 2.05) is 0 Å². The van der Waals surface area contributed by atoms with Gasteiger partial charge in [-0.1, -0.05) is 37.6 Å². The zero-order valence-electron chi connectivity index (χ0n) is 12.8. The standard InChI is InChI=1S/C17H28O2/c1-13(2)9-8-10-14(3)15(16(18)19)17(4)11-6-5-7-12-17/h6,9,11,14-15H,5,7-8,10,12H2,1-4H3,(H,18,19)/t14-,15?,17?/m1/s1. The van der Waals surface area contributed by atoms with Crippen LogP contribution in [0.4, 0.5) is 0 Å². The highest BCUT2D eigenvalue weighted by Crippen LogP contribution is 2.43. The maximum Gasteiger partial charge on any atom is 0.307 e. The summed E-state index contributed by atoms with van der Waals surface area (Å²) in [5, 5.41) is 9.62. The molecule has 19 heavy (non-hydrogen) atoms. The minimum absolute atomic E-state index is 0.172. The van der Waals surface area contributed by atoms with E-state index in [1.54, 1.807) is 0 Å². The van der Waals surface area contributed by atoms with Gasteiger partial charge < -0.3 is 5.11 Å². The first-order valence-electron chi connectivity index (χ1n) is 7.40. The second-order valence-corrected chi connectivity index (χ2v) is 6.45. The van der Waals surface area contributed by atoms with Crippen LogP contribution in [0.2, 0.25) is 0 Å². The molecule has 0 radical (unpaired) electrons. The average Bonchev–Trinajstić information content (AvgIpc) is 2.28. The highest BCUT2D eigenvalue weighted by molar-refractivity contribution is 5.72. The van der Waals surface area contributed by atoms with Crippen molar-refractivity contribution in [2.24, 2.45) is 17.3 Å². The van der Waals surface area contributed by atoms with Crippen LogP contribution < -0.4 is 0 Å². The number of carboxylic acid groups (broad SMARTS) is 1. The molecule has 0 fully saturated rings. The topological polar surface area (TPSA) is 37.3 Å². The first-order chi connectivity index (χ1) is 8.87. The average molecular weight is 264 g/mol. The molecule has 2 heteroatoms. The third-order valence-electron chi connectivity index (χ3n) is 4.30. The molecule has 0 amide bonds. The summed E-state index contributed by atoms with van der Waals surface area (Å²) in [7, 11) is 0. The summed E-state index contributed by atoms with van der Waals surface area (Å²) in [6.07, 6.45) is 11.6. The van der Waals surface area contributed by atoms with Crippen molar-refractivity contribution in [3.8, 4) is 0 Å². The lowest BCUT2D eigenvalue weighted by Gasteiger charge is -2.38. The van der Waals surface area contributed by atoms with E-state index in [4.69, 9.17) is 0 Å². The second kappa shape index (κ2) is 6.93. The highest BCUT2D eigenvalue weighted by Gasteiger charge is 2.40. The largest absolute Gasteiger partial charge is 0.481 e. The van der Waals surface area contributed by atoms with Crippen molar-refractivity contribution in [2.45, 2.75) is 59.8 Å². The number of rotatable bonds is 6. The molecular weight excluding hydrogens is 236 g/mol. The third-order valence-corrected chi connectivity index (χ3v) is 4.30. The molecule has 0 aromatic rings. The molecule has 0 aromatic heterocycles. The van der Waals surface area contributed by atoms with Gasteiger partial charge in [-0.05, 0) is 57.3 Å². The van der Waals surface area contributed by atoms with Gasteiger partial charge in [-0.25, -0.2) is 0 Å². The van der Waals surface area contributed by atoms with Gasteiger partial charge in [0.1, 0.15) is 0 Å². The summed E-state index contributed by atoms with van der Waals surface area (Å²) >= 11 is 0. The lowest BCUT2D eigenvalue weighted by atomic mass is 9.65. The van der Waals surface area contributed by atoms with Crippen LogP contribution in [0.3, 0.4) is 0 Å². The Kier molecular flexibility index (Phi) is 5.84. The summed E-state index contributed by atoms with van der Waals surface area (Å²) in [6.45, 7) is 8.37. The summed E-state index contributed by atoms with van der Waals surface area (Å²) < 4.78 is 0. The number of hydrogen-bond donors (Lipinski definition) is 1. The molecule has 0 aliphatic heterocycles. The highest BCUT2D eigenvalue weighted by atomic mass is 16.4. The van der Waals surface area contributed by atoms with Crippen LogP contribution in [0.1, 0.15) is 59.8 Å². The van der Waals surface area contributed by atoms with E-state index in [1.165, 1.54) is 5.57 Å². The maximum absolute atomic E-state index is 11.7. The molecule has 3 atom stereocenters. The van der Waals surface area contributed by atoms with Crippen molar-refractivity contribution in [1.29, 1.82) is 0 Å². The molecule has 1 rings (SSSR count). The quantitative estimate of drug-likeness (QED) is 0.699. The Bertz CT molecular complexity index is 363. The van der Waals surface area contributed by atoms with Gasteiger partial charge in [0.05, 0.1) is 5.92 Å². The van der Waals surface area contributed by atoms with Gasteiger partial charge in [0.15, 0.2) is 0 Å². The van der Waals surface area contributed by atoms with Crippen molar-refractivity contribution in [3.63, 3.8) is 0 Å². The predicted octanol–water partition coefficient (Wildman–Crippen LogP) is 4.82. The minimum atomic E-state index is -0.640. The molecule has 0 saturated carbocycles. The van der Waals surface area contributed by atoms with Crippen molar-refractivity contribution in [1.82, 2.24) is 0 Å². The van der Waals surface area contributed by atoms with E-state index in [2.05, 4.69) is 45.9 Å². The number of aliphatic carboxylic acids is 1. The maximum atomic E-state index is 11.7. The van der Waals surface area contributed by atoms with Gasteiger partial charge in [0, 0.05) is 0 Å². The summed E-state index contributed by atoms with van der Waals surface area (Å²) in [5.74, 6) is -0.700. The molecular formula is C17H28O2. The Balaban J connectivity index is 2.76. The normalized spacial score (nSPS) is 25.7. The van der Waals surface area contributed by atoms with E-state index < -0.39 is 5.97 Å². The van der Waals surface area contributed by atoms with Crippen LogP contribution in [-0.2, 0) is 4.79 Å². The van der Waals surface area contributed by atoms with E-state index in [0.717, 1.165) is 32.1 Å². The molecule has 0 spiro atoms. The van der Waals surface area contributed by atoms with Gasteiger partial charge in [-0.15, -0.1) is 0 Å². The first-order valence-corrected chi connectivity index (χ1v) is 7.40. The van der Waals surface area contributed by atoms with Crippen LogP contribution >= 0.6 is 0 Å². The van der Waals surface area contributed by atoms with Crippen molar-refractivity contribution in [2.75, 3.05) is 0 Å². The molecule has 0 heterocycles. The lowest BCUT2D eigenvalue weighted by molar-refractivity contribution is -0.148. The lowest BCUT2D eigenvalue weighted by Crippen LogP contribution is -2.37. The Morgan fingerprint density at radius 3 is 2.63 bits per heavy atom.